The first-order valence-corrected chi connectivity index (χ1v) is 24.5. The van der Waals surface area contributed by atoms with Crippen LogP contribution < -0.4 is 5.32 Å². The minimum atomic E-state index is -1.33. The van der Waals surface area contributed by atoms with E-state index in [9.17, 15) is 43.5 Å². The monoisotopic (exact) mass is 980 g/mol. The highest BCUT2D eigenvalue weighted by Gasteiger charge is 2.40. The molecule has 17 heteroatoms. The summed E-state index contributed by atoms with van der Waals surface area (Å²) in [6.07, 6.45) is 6.10. The zero-order chi connectivity index (χ0) is 52.8. The molecule has 5 atom stereocenters. The normalized spacial score (nSPS) is 15.1. The van der Waals surface area contributed by atoms with Gasteiger partial charge in [-0.2, -0.15) is 0 Å². The molecule has 0 radical (unpaired) electrons. The molecule has 5 amide bonds. The van der Waals surface area contributed by atoms with Crippen molar-refractivity contribution in [3.63, 3.8) is 0 Å². The number of hydrogen-bond acceptors (Lipinski definition) is 11. The molecule has 0 aromatic heterocycles. The van der Waals surface area contributed by atoms with Crippen LogP contribution >= 0.6 is 0 Å². The maximum atomic E-state index is 13.7. The lowest BCUT2D eigenvalue weighted by molar-refractivity contribution is -0.159. The minimum Gasteiger partial charge on any atom is -0.480 e. The van der Waals surface area contributed by atoms with Gasteiger partial charge < -0.3 is 44.2 Å². The molecule has 0 heterocycles. The van der Waals surface area contributed by atoms with E-state index < -0.39 is 58.9 Å². The van der Waals surface area contributed by atoms with E-state index >= 15 is 0 Å². The highest BCUT2D eigenvalue weighted by atomic mass is 16.6. The number of nitrogens with one attached hydrogen (secondary N) is 1. The van der Waals surface area contributed by atoms with Crippen molar-refractivity contribution in [3.05, 3.63) is 71.8 Å². The first-order chi connectivity index (χ1) is 32.8. The number of aliphatic carboxylic acids is 1. The molecule has 0 saturated heterocycles. The molecular weight excluding hydrogens is 899 g/mol. The van der Waals surface area contributed by atoms with Crippen LogP contribution in [0.15, 0.2) is 60.7 Å². The second-order valence-corrected chi connectivity index (χ2v) is 19.8. The Morgan fingerprint density at radius 2 is 1.19 bits per heavy atom. The van der Waals surface area contributed by atoms with Gasteiger partial charge in [0.2, 0.25) is 23.6 Å². The summed E-state index contributed by atoms with van der Waals surface area (Å²) >= 11 is 0. The molecule has 0 spiro atoms. The molecule has 1 aliphatic carbocycles. The Morgan fingerprint density at radius 3 is 1.69 bits per heavy atom. The van der Waals surface area contributed by atoms with Gasteiger partial charge in [0.15, 0.2) is 0 Å². The number of hydrogen-bond donors (Lipinski definition) is 2. The van der Waals surface area contributed by atoms with Crippen LogP contribution in [0, 0.1) is 23.7 Å². The summed E-state index contributed by atoms with van der Waals surface area (Å²) in [7, 11) is 6.06. The van der Waals surface area contributed by atoms with Gasteiger partial charge in [-0.3, -0.25) is 28.8 Å². The van der Waals surface area contributed by atoms with Gasteiger partial charge in [-0.1, -0.05) is 133 Å². The third kappa shape index (κ3) is 20.5. The Morgan fingerprint density at radius 1 is 0.671 bits per heavy atom. The van der Waals surface area contributed by atoms with Gasteiger partial charge in [0.05, 0.1) is 25.4 Å². The van der Waals surface area contributed by atoms with Crippen molar-refractivity contribution < 1.29 is 57.7 Å². The molecule has 0 aliphatic heterocycles. The van der Waals surface area contributed by atoms with Crippen molar-refractivity contribution in [3.8, 4) is 0 Å². The third-order valence-corrected chi connectivity index (χ3v) is 13.0. The van der Waals surface area contributed by atoms with E-state index in [1.165, 1.54) is 47.7 Å². The highest BCUT2D eigenvalue weighted by Crippen LogP contribution is 2.29. The van der Waals surface area contributed by atoms with E-state index in [-0.39, 0.29) is 68.8 Å². The van der Waals surface area contributed by atoms with Gasteiger partial charge in [-0.15, -0.1) is 0 Å². The Bertz CT molecular complexity index is 2010. The molecule has 2 aromatic carbocycles. The number of ether oxygens (including phenoxy) is 3. The van der Waals surface area contributed by atoms with Crippen LogP contribution in [0.25, 0.3) is 0 Å². The average Bonchev–Trinajstić information content (AvgIpc) is 3.32. The number of carboxylic acids is 1. The van der Waals surface area contributed by atoms with E-state index in [1.54, 1.807) is 34.7 Å². The second-order valence-electron chi connectivity index (χ2n) is 19.8. The van der Waals surface area contributed by atoms with Gasteiger partial charge in [0.25, 0.3) is 0 Å². The van der Waals surface area contributed by atoms with Gasteiger partial charge >= 0.3 is 24.0 Å². The first kappa shape index (κ1) is 60.1. The van der Waals surface area contributed by atoms with Crippen molar-refractivity contribution in [1.82, 2.24) is 24.9 Å². The molecule has 1 fully saturated rings. The predicted octanol–water partition coefficient (Wildman–Crippen LogP) is 7.10. The number of benzene rings is 2. The van der Waals surface area contributed by atoms with Crippen LogP contribution in [0.4, 0.5) is 4.79 Å². The SMILES string of the molecule is CC[C@H](C)[C@H](CC(=O)OCc1ccccc1)C(=O)N(C)CC(=O)N(C)CC(=O)N(C)[C@@H](CC1CCCCC1)C(=O)N(C)CC(=O)OC(C)(C)C.CC[C@H](C)[C@](C)(NC(=O)OCc1ccccc1)C(=O)O. The minimum absolute atomic E-state index is 0.107. The Hall–Kier alpha value is -6.00. The van der Waals surface area contributed by atoms with Crippen LogP contribution in [-0.4, -0.2) is 137 Å². The van der Waals surface area contributed by atoms with E-state index in [1.807, 2.05) is 81.4 Å². The van der Waals surface area contributed by atoms with Crippen LogP contribution in [0.3, 0.4) is 0 Å². The van der Waals surface area contributed by atoms with Crippen molar-refractivity contribution in [2.24, 2.45) is 23.7 Å². The largest absolute Gasteiger partial charge is 0.480 e. The van der Waals surface area contributed by atoms with Gasteiger partial charge in [-0.05, 0) is 63.0 Å². The number of alkyl carbamates (subject to hydrolysis) is 1. The quantitative estimate of drug-likeness (QED) is 0.0844. The third-order valence-electron chi connectivity index (χ3n) is 13.0. The van der Waals surface area contributed by atoms with Gasteiger partial charge in [0, 0.05) is 28.2 Å². The van der Waals surface area contributed by atoms with E-state index in [4.69, 9.17) is 14.2 Å². The predicted molar refractivity (Wildman–Crippen MR) is 266 cm³/mol. The second kappa shape index (κ2) is 29.2. The molecule has 2 N–H and O–H groups in total. The summed E-state index contributed by atoms with van der Waals surface area (Å²) < 4.78 is 15.9. The zero-order valence-corrected chi connectivity index (χ0v) is 43.8. The van der Waals surface area contributed by atoms with Crippen molar-refractivity contribution in [1.29, 1.82) is 0 Å². The molecule has 2 aromatic rings. The summed E-state index contributed by atoms with van der Waals surface area (Å²) in [5.74, 6) is -4.48. The number of carboxylic acid groups (broad SMARTS) is 1. The Kier molecular flexibility index (Phi) is 25.1. The topological polar surface area (TPSA) is 209 Å². The van der Waals surface area contributed by atoms with E-state index in [2.05, 4.69) is 5.32 Å². The molecule has 1 aliphatic rings. The number of amides is 5. The number of carbonyl (C=O) groups excluding carboxylic acids is 7. The molecular formula is C53H81N5O12. The lowest BCUT2D eigenvalue weighted by Gasteiger charge is -2.35. The fourth-order valence-corrected chi connectivity index (χ4v) is 7.88. The first-order valence-electron chi connectivity index (χ1n) is 24.5. The molecule has 0 unspecified atom stereocenters. The molecule has 1 saturated carbocycles. The smallest absolute Gasteiger partial charge is 0.408 e. The van der Waals surface area contributed by atoms with Gasteiger partial charge in [0.1, 0.15) is 36.9 Å². The van der Waals surface area contributed by atoms with Crippen LogP contribution in [0.1, 0.15) is 124 Å². The fourth-order valence-electron chi connectivity index (χ4n) is 7.88. The lowest BCUT2D eigenvalue weighted by atomic mass is 9.84. The molecule has 390 valence electrons. The maximum Gasteiger partial charge on any atom is 0.408 e. The van der Waals surface area contributed by atoms with Crippen LogP contribution in [0.2, 0.25) is 0 Å². The summed E-state index contributed by atoms with van der Waals surface area (Å²) in [5, 5.41) is 11.8. The summed E-state index contributed by atoms with van der Waals surface area (Å²) in [5.41, 5.74) is -0.337. The van der Waals surface area contributed by atoms with E-state index in [0.717, 1.165) is 43.2 Å². The van der Waals surface area contributed by atoms with E-state index in [0.29, 0.717) is 19.3 Å². The summed E-state index contributed by atoms with van der Waals surface area (Å²) in [6.45, 7) is 13.6. The Labute approximate surface area is 415 Å². The van der Waals surface area contributed by atoms with Crippen molar-refractivity contribution in [2.45, 2.75) is 144 Å². The number of nitrogens with zero attached hydrogens (tertiary/aromatic N) is 4. The number of esters is 2. The van der Waals surface area contributed by atoms with Crippen molar-refractivity contribution >= 4 is 47.6 Å². The average molecular weight is 980 g/mol. The van der Waals surface area contributed by atoms with Crippen LogP contribution in [-0.2, 0) is 61.0 Å². The molecule has 70 heavy (non-hydrogen) atoms. The summed E-state index contributed by atoms with van der Waals surface area (Å²) in [6, 6.07) is 17.7. The van der Waals surface area contributed by atoms with Crippen LogP contribution in [0.5, 0.6) is 0 Å². The maximum absolute atomic E-state index is 13.7. The lowest BCUT2D eigenvalue weighted by Crippen LogP contribution is -2.56. The highest BCUT2D eigenvalue weighted by molar-refractivity contribution is 5.93. The standard InChI is InChI=1S/C38H60N4O8.C15H21NO4/c1-10-27(2)30(22-34(45)49-26-29-19-15-12-16-20-29)36(47)40(7)23-32(43)39(6)24-33(44)42(9)31(21-28-17-13-11-14-18-28)37(48)41(8)25-35(46)50-38(3,4)5;1-4-11(2)15(3,13(17)18)16-14(19)20-10-12-8-6-5-7-9-12/h12,15-16,19-20,27-28,30-31H,10-11,13-14,17-18,21-26H2,1-9H3;5-9,11H,4,10H2,1-3H3,(H,16,19)(H,17,18)/t27-,30-,31-;11-,15-/m00/s1. The number of carbonyl (C=O) groups is 8. The zero-order valence-electron chi connectivity index (χ0n) is 43.8. The fraction of sp³-hybridized carbons (Fsp3) is 0.623. The number of likely N-dealkylation sites (N-methyl/N-ethyl adjacent to an activating group) is 4. The number of rotatable bonds is 23. The molecule has 0 bridgehead atoms. The van der Waals surface area contributed by atoms with Crippen molar-refractivity contribution in [2.75, 3.05) is 47.8 Å². The molecule has 3 rings (SSSR count). The Balaban J connectivity index is 0.000000698. The summed E-state index contributed by atoms with van der Waals surface area (Å²) in [4.78, 5) is 108. The van der Waals surface area contributed by atoms with Gasteiger partial charge in [-0.25, -0.2) is 9.59 Å². The molecule has 17 nitrogen and oxygen atoms in total.